The molecule has 0 bridgehead atoms. The van der Waals surface area contributed by atoms with Gasteiger partial charge in [-0.3, -0.25) is 4.72 Å². The van der Waals surface area contributed by atoms with Crippen molar-refractivity contribution in [2.45, 2.75) is 42.4 Å². The van der Waals surface area contributed by atoms with E-state index in [1.165, 1.54) is 37.3 Å². The van der Waals surface area contributed by atoms with Gasteiger partial charge in [-0.2, -0.15) is 0 Å². The van der Waals surface area contributed by atoms with Gasteiger partial charge in [-0.1, -0.05) is 35.4 Å². The molecule has 0 spiro atoms. The van der Waals surface area contributed by atoms with Gasteiger partial charge in [-0.15, -0.1) is 0 Å². The number of benzene rings is 3. The van der Waals surface area contributed by atoms with Crippen LogP contribution in [-0.2, 0) is 19.9 Å². The average molecular weight is 446 g/mol. The van der Waals surface area contributed by atoms with E-state index < -0.39 is 19.9 Å². The minimum absolute atomic E-state index is 0.00941. The van der Waals surface area contributed by atoms with E-state index in [0.717, 1.165) is 11.1 Å². The fourth-order valence-corrected chi connectivity index (χ4v) is 5.89. The molecule has 0 saturated heterocycles. The molecule has 0 aliphatic heterocycles. The highest BCUT2D eigenvalue weighted by Gasteiger charge is 2.29. The Labute approximate surface area is 177 Å². The minimum Gasteiger partial charge on any atom is -0.507 e. The molecule has 30 heavy (non-hydrogen) atoms. The van der Waals surface area contributed by atoms with Crippen molar-refractivity contribution in [3.63, 3.8) is 0 Å². The molecule has 0 fully saturated rings. The maximum Gasteiger partial charge on any atom is 0.261 e. The summed E-state index contributed by atoms with van der Waals surface area (Å²) in [6.07, 6.45) is 0. The van der Waals surface area contributed by atoms with Crippen LogP contribution in [0.5, 0.6) is 5.75 Å². The van der Waals surface area contributed by atoms with Gasteiger partial charge in [0, 0.05) is 5.56 Å². The molecule has 0 aromatic heterocycles. The van der Waals surface area contributed by atoms with Crippen LogP contribution in [0.25, 0.3) is 0 Å². The first-order valence-electron chi connectivity index (χ1n) is 9.18. The van der Waals surface area contributed by atoms with E-state index >= 15 is 0 Å². The second kappa shape index (κ2) is 7.77. The van der Waals surface area contributed by atoms with Crippen LogP contribution in [0, 0.1) is 27.7 Å². The van der Waals surface area contributed by atoms with Crippen molar-refractivity contribution in [1.29, 1.82) is 0 Å². The van der Waals surface area contributed by atoms with Crippen molar-refractivity contribution in [2.24, 2.45) is 0 Å². The molecule has 8 heteroatoms. The first kappa shape index (κ1) is 21.9. The van der Waals surface area contributed by atoms with Crippen LogP contribution in [0.15, 0.2) is 69.3 Å². The molecular weight excluding hydrogens is 422 g/mol. The van der Waals surface area contributed by atoms with Gasteiger partial charge in [0.25, 0.3) is 10.0 Å². The molecule has 158 valence electrons. The van der Waals surface area contributed by atoms with Crippen molar-refractivity contribution in [3.8, 4) is 5.75 Å². The van der Waals surface area contributed by atoms with Crippen LogP contribution in [0.4, 0.5) is 5.69 Å². The molecule has 0 heterocycles. The lowest BCUT2D eigenvalue weighted by molar-refractivity contribution is 0.464. The second-order valence-corrected chi connectivity index (χ2v) is 10.8. The van der Waals surface area contributed by atoms with Crippen molar-refractivity contribution in [2.75, 3.05) is 4.72 Å². The molecule has 0 unspecified atom stereocenters. The van der Waals surface area contributed by atoms with Crippen LogP contribution < -0.4 is 4.72 Å². The number of rotatable bonds is 5. The Morgan fingerprint density at radius 2 is 1.20 bits per heavy atom. The van der Waals surface area contributed by atoms with Gasteiger partial charge in [0.05, 0.1) is 15.5 Å². The summed E-state index contributed by atoms with van der Waals surface area (Å²) in [7, 11) is -8.15. The van der Waals surface area contributed by atoms with Crippen molar-refractivity contribution < 1.29 is 21.9 Å². The quantitative estimate of drug-likeness (QED) is 0.572. The first-order chi connectivity index (χ1) is 13.9. The zero-order valence-corrected chi connectivity index (χ0v) is 18.7. The van der Waals surface area contributed by atoms with Gasteiger partial charge in [-0.25, -0.2) is 16.8 Å². The average Bonchev–Trinajstić information content (AvgIpc) is 2.66. The summed E-state index contributed by atoms with van der Waals surface area (Å²) >= 11 is 0. The largest absolute Gasteiger partial charge is 0.507 e. The van der Waals surface area contributed by atoms with E-state index in [1.807, 2.05) is 13.8 Å². The molecule has 3 aromatic carbocycles. The molecule has 0 amide bonds. The highest BCUT2D eigenvalue weighted by atomic mass is 32.2. The third-order valence-corrected chi connectivity index (χ3v) is 8.19. The Morgan fingerprint density at radius 3 is 1.70 bits per heavy atom. The van der Waals surface area contributed by atoms with Gasteiger partial charge in [0.1, 0.15) is 10.6 Å². The maximum atomic E-state index is 13.4. The smallest absolute Gasteiger partial charge is 0.261 e. The van der Waals surface area contributed by atoms with E-state index in [2.05, 4.69) is 4.72 Å². The molecular formula is C22H23NO5S2. The van der Waals surface area contributed by atoms with Gasteiger partial charge < -0.3 is 5.11 Å². The monoisotopic (exact) mass is 445 g/mol. The molecule has 3 rings (SSSR count). The molecule has 6 nitrogen and oxygen atoms in total. The highest BCUT2D eigenvalue weighted by Crippen LogP contribution is 2.38. The number of nitrogens with one attached hydrogen (secondary N) is 1. The number of sulfone groups is 1. The van der Waals surface area contributed by atoms with E-state index in [4.69, 9.17) is 0 Å². The summed E-state index contributed by atoms with van der Waals surface area (Å²) in [6.45, 7) is 6.70. The summed E-state index contributed by atoms with van der Waals surface area (Å²) in [5.41, 5.74) is 2.11. The van der Waals surface area contributed by atoms with Crippen LogP contribution >= 0.6 is 0 Å². The zero-order chi connectivity index (χ0) is 22.3. The third kappa shape index (κ3) is 4.06. The predicted molar refractivity (Wildman–Crippen MR) is 116 cm³/mol. The van der Waals surface area contributed by atoms with Gasteiger partial charge in [0.2, 0.25) is 9.84 Å². The lowest BCUT2D eigenvalue weighted by Crippen LogP contribution is -2.17. The number of phenolic OH excluding ortho intramolecular Hbond substituents is 1. The fraction of sp³-hybridized carbons (Fsp3) is 0.182. The van der Waals surface area contributed by atoms with Crippen LogP contribution in [-0.4, -0.2) is 21.9 Å². The topological polar surface area (TPSA) is 101 Å². The standard InChI is InChI=1S/C22H23NO5S2/c1-14-5-9-18(10-6-14)29(25,26)22-17(4)21(24)16(3)13-20(22)23-30(27,28)19-11-7-15(2)8-12-19/h5-13,23-24H,1-4H3. The van der Waals surface area contributed by atoms with E-state index in [1.54, 1.807) is 31.2 Å². The summed E-state index contributed by atoms with van der Waals surface area (Å²) in [5, 5.41) is 10.4. The van der Waals surface area contributed by atoms with E-state index in [0.29, 0.717) is 5.56 Å². The lowest BCUT2D eigenvalue weighted by atomic mass is 10.1. The Kier molecular flexibility index (Phi) is 5.66. The first-order valence-corrected chi connectivity index (χ1v) is 12.1. The van der Waals surface area contributed by atoms with Crippen LogP contribution in [0.1, 0.15) is 22.3 Å². The maximum absolute atomic E-state index is 13.4. The molecule has 0 saturated carbocycles. The Hall–Kier alpha value is -2.84. The number of aryl methyl sites for hydroxylation is 3. The van der Waals surface area contributed by atoms with E-state index in [9.17, 15) is 21.9 Å². The SMILES string of the molecule is Cc1ccc(S(=O)(=O)Nc2cc(C)c(O)c(C)c2S(=O)(=O)c2ccc(C)cc2)cc1. The number of hydrogen-bond acceptors (Lipinski definition) is 5. The molecule has 0 radical (unpaired) electrons. The lowest BCUT2D eigenvalue weighted by Gasteiger charge is -2.18. The van der Waals surface area contributed by atoms with Crippen molar-refractivity contribution >= 4 is 25.5 Å². The highest BCUT2D eigenvalue weighted by molar-refractivity contribution is 7.93. The Balaban J connectivity index is 2.21. The predicted octanol–water partition coefficient (Wildman–Crippen LogP) is 4.26. The van der Waals surface area contributed by atoms with Gasteiger partial charge in [0.15, 0.2) is 0 Å². The van der Waals surface area contributed by atoms with Crippen molar-refractivity contribution in [3.05, 3.63) is 76.9 Å². The zero-order valence-electron chi connectivity index (χ0n) is 17.1. The molecule has 3 aromatic rings. The summed E-state index contributed by atoms with van der Waals surface area (Å²) in [6, 6.07) is 13.8. The Bertz CT molecular complexity index is 1310. The molecule has 2 N–H and O–H groups in total. The summed E-state index contributed by atoms with van der Waals surface area (Å²) in [5.74, 6) is -0.195. The number of phenols is 1. The molecule has 0 aliphatic rings. The van der Waals surface area contributed by atoms with Crippen LogP contribution in [0.3, 0.4) is 0 Å². The number of aromatic hydroxyl groups is 1. The fourth-order valence-electron chi connectivity index (χ4n) is 3.13. The number of hydrogen-bond donors (Lipinski definition) is 2. The molecule has 0 aliphatic carbocycles. The van der Waals surface area contributed by atoms with Gasteiger partial charge >= 0.3 is 0 Å². The van der Waals surface area contributed by atoms with E-state index in [-0.39, 0.29) is 31.7 Å². The minimum atomic E-state index is -4.10. The summed E-state index contributed by atoms with van der Waals surface area (Å²) in [4.78, 5) is -0.254. The number of anilines is 1. The number of sulfonamides is 1. The third-order valence-electron chi connectivity index (χ3n) is 4.85. The Morgan fingerprint density at radius 1 is 0.733 bits per heavy atom. The summed E-state index contributed by atoms with van der Waals surface area (Å²) < 4.78 is 55.0. The van der Waals surface area contributed by atoms with Gasteiger partial charge in [-0.05, 0) is 63.6 Å². The molecule has 0 atom stereocenters. The second-order valence-electron chi connectivity index (χ2n) is 7.28. The normalized spacial score (nSPS) is 12.0. The van der Waals surface area contributed by atoms with Crippen LogP contribution in [0.2, 0.25) is 0 Å². The van der Waals surface area contributed by atoms with Crippen molar-refractivity contribution in [1.82, 2.24) is 0 Å².